The molecule has 4 rings (SSSR count). The molecule has 5 nitrogen and oxygen atoms in total. The van der Waals surface area contributed by atoms with Crippen LogP contribution in [0.4, 0.5) is 0 Å². The third kappa shape index (κ3) is 2.33. The van der Waals surface area contributed by atoms with E-state index in [-0.39, 0.29) is 23.6 Å². The molecule has 1 saturated heterocycles. The number of hydrogen-bond acceptors (Lipinski definition) is 4. The Balaban J connectivity index is 1.33. The predicted molar refractivity (Wildman–Crippen MR) is 80.6 cm³/mol. The fourth-order valence-corrected chi connectivity index (χ4v) is 5.38. The van der Waals surface area contributed by atoms with Crippen LogP contribution in [0.1, 0.15) is 45.4 Å². The van der Waals surface area contributed by atoms with Gasteiger partial charge in [-0.1, -0.05) is 0 Å². The van der Waals surface area contributed by atoms with E-state index in [1.54, 1.807) is 0 Å². The minimum atomic E-state index is -0.205. The van der Waals surface area contributed by atoms with E-state index < -0.39 is 0 Å². The molecule has 0 aromatic rings. The molecule has 7 atom stereocenters. The molecule has 2 unspecified atom stereocenters. The highest BCUT2D eigenvalue weighted by atomic mass is 16.3. The largest absolute Gasteiger partial charge is 0.393 e. The zero-order chi connectivity index (χ0) is 15.5. The lowest BCUT2D eigenvalue weighted by molar-refractivity contribution is -0.131. The first kappa shape index (κ1) is 14.5. The summed E-state index contributed by atoms with van der Waals surface area (Å²) in [7, 11) is 0. The maximum absolute atomic E-state index is 12.5. The lowest BCUT2D eigenvalue weighted by Gasteiger charge is -2.29. The standard InChI is InChI=1S/C17H25N3O2/c1-17(6-11-3-14(21)4-12(11)7-17)19-9-16(22)20-13(8-18)2-10-5-15(10)20/h10-15,19,21H,2-7,9H2,1H3/t10-,11-,12+,13+,14?,15+,17?/m1/s1. The molecule has 120 valence electrons. The number of aliphatic hydroxyl groups excluding tert-OH is 1. The van der Waals surface area contributed by atoms with Crippen LogP contribution in [-0.4, -0.2) is 46.2 Å². The molecule has 5 heteroatoms. The van der Waals surface area contributed by atoms with Crippen LogP contribution < -0.4 is 5.32 Å². The maximum atomic E-state index is 12.5. The van der Waals surface area contributed by atoms with Crippen molar-refractivity contribution in [3.05, 3.63) is 0 Å². The Labute approximate surface area is 131 Å². The summed E-state index contributed by atoms with van der Waals surface area (Å²) in [5.41, 5.74) is 0.00987. The lowest BCUT2D eigenvalue weighted by atomic mass is 9.95. The van der Waals surface area contributed by atoms with Gasteiger partial charge in [-0.05, 0) is 63.2 Å². The van der Waals surface area contributed by atoms with E-state index in [1.165, 1.54) is 0 Å². The predicted octanol–water partition coefficient (Wildman–Crippen LogP) is 1.03. The van der Waals surface area contributed by atoms with Crippen molar-refractivity contribution >= 4 is 5.91 Å². The summed E-state index contributed by atoms with van der Waals surface area (Å²) < 4.78 is 0. The van der Waals surface area contributed by atoms with Crippen molar-refractivity contribution in [2.75, 3.05) is 6.54 Å². The Kier molecular flexibility index (Phi) is 3.25. The Bertz CT molecular complexity index is 514. The van der Waals surface area contributed by atoms with E-state index in [9.17, 15) is 15.2 Å². The normalized spacial score (nSPS) is 48.9. The molecule has 0 aromatic carbocycles. The van der Waals surface area contributed by atoms with Crippen molar-refractivity contribution in [1.29, 1.82) is 5.26 Å². The first-order valence-corrected chi connectivity index (χ1v) is 8.63. The molecule has 4 fully saturated rings. The number of nitriles is 1. The molecule has 22 heavy (non-hydrogen) atoms. The van der Waals surface area contributed by atoms with Crippen LogP contribution in [0.2, 0.25) is 0 Å². The van der Waals surface area contributed by atoms with Gasteiger partial charge in [-0.3, -0.25) is 4.79 Å². The molecule has 1 aliphatic heterocycles. The topological polar surface area (TPSA) is 76.4 Å². The van der Waals surface area contributed by atoms with Gasteiger partial charge in [0.25, 0.3) is 0 Å². The molecule has 0 spiro atoms. The third-order valence-electron chi connectivity index (χ3n) is 6.45. The molecule has 2 N–H and O–H groups in total. The minimum absolute atomic E-state index is 0.00987. The van der Waals surface area contributed by atoms with Gasteiger partial charge in [0.1, 0.15) is 6.04 Å². The fraction of sp³-hybridized carbons (Fsp3) is 0.882. The zero-order valence-corrected chi connectivity index (χ0v) is 13.2. The monoisotopic (exact) mass is 303 g/mol. The number of amides is 1. The summed E-state index contributed by atoms with van der Waals surface area (Å²) in [5, 5.41) is 22.4. The van der Waals surface area contributed by atoms with Crippen LogP contribution in [0.5, 0.6) is 0 Å². The quantitative estimate of drug-likeness (QED) is 0.816. The number of hydrogen-bond donors (Lipinski definition) is 2. The Morgan fingerprint density at radius 1 is 1.27 bits per heavy atom. The number of piperidine rings is 1. The summed E-state index contributed by atoms with van der Waals surface area (Å²) in [5.74, 6) is 1.88. The van der Waals surface area contributed by atoms with E-state index in [0.717, 1.165) is 38.5 Å². The van der Waals surface area contributed by atoms with Crippen molar-refractivity contribution in [2.45, 2.75) is 69.2 Å². The number of nitrogens with zero attached hydrogens (tertiary/aromatic N) is 2. The van der Waals surface area contributed by atoms with Crippen LogP contribution >= 0.6 is 0 Å². The summed E-state index contributed by atoms with van der Waals surface area (Å²) >= 11 is 0. The van der Waals surface area contributed by atoms with Gasteiger partial charge < -0.3 is 15.3 Å². The first-order chi connectivity index (χ1) is 10.5. The van der Waals surface area contributed by atoms with Crippen molar-refractivity contribution in [1.82, 2.24) is 10.2 Å². The number of fused-ring (bicyclic) bond motifs is 2. The highest BCUT2D eigenvalue weighted by Crippen LogP contribution is 2.49. The van der Waals surface area contributed by atoms with E-state index >= 15 is 0 Å². The Morgan fingerprint density at radius 3 is 2.59 bits per heavy atom. The summed E-state index contributed by atoms with van der Waals surface area (Å²) in [4.78, 5) is 14.4. The van der Waals surface area contributed by atoms with Crippen LogP contribution in [0.25, 0.3) is 0 Å². The summed E-state index contributed by atoms with van der Waals surface area (Å²) in [6.07, 6.45) is 5.78. The highest BCUT2D eigenvalue weighted by Gasteiger charge is 2.54. The van der Waals surface area contributed by atoms with E-state index in [1.807, 2.05) is 4.90 Å². The number of carbonyl (C=O) groups excluding carboxylic acids is 1. The third-order valence-corrected chi connectivity index (χ3v) is 6.45. The van der Waals surface area contributed by atoms with Crippen LogP contribution in [0.3, 0.4) is 0 Å². The molecule has 3 saturated carbocycles. The van der Waals surface area contributed by atoms with Crippen molar-refractivity contribution < 1.29 is 9.90 Å². The van der Waals surface area contributed by atoms with Gasteiger partial charge in [0.05, 0.1) is 18.7 Å². The van der Waals surface area contributed by atoms with Crippen LogP contribution in [0.15, 0.2) is 0 Å². The van der Waals surface area contributed by atoms with E-state index in [4.69, 9.17) is 0 Å². The van der Waals surface area contributed by atoms with Gasteiger partial charge >= 0.3 is 0 Å². The molecule has 0 aromatic heterocycles. The number of nitrogens with one attached hydrogen (secondary N) is 1. The van der Waals surface area contributed by atoms with Crippen LogP contribution in [-0.2, 0) is 4.79 Å². The molecule has 3 aliphatic carbocycles. The van der Waals surface area contributed by atoms with Crippen molar-refractivity contribution in [3.63, 3.8) is 0 Å². The second-order valence-corrected chi connectivity index (χ2v) is 8.21. The van der Waals surface area contributed by atoms with Gasteiger partial charge in [-0.25, -0.2) is 0 Å². The lowest BCUT2D eigenvalue weighted by Crippen LogP contribution is -2.49. The van der Waals surface area contributed by atoms with Gasteiger partial charge in [-0.2, -0.15) is 5.26 Å². The first-order valence-electron chi connectivity index (χ1n) is 8.63. The molecular formula is C17H25N3O2. The summed E-state index contributed by atoms with van der Waals surface area (Å²) in [6, 6.07) is 2.41. The van der Waals surface area contributed by atoms with Gasteiger partial charge in [0.15, 0.2) is 0 Å². The van der Waals surface area contributed by atoms with E-state index in [2.05, 4.69) is 18.3 Å². The van der Waals surface area contributed by atoms with Gasteiger partial charge in [0, 0.05) is 11.6 Å². The fourth-order valence-electron chi connectivity index (χ4n) is 5.38. The average Bonchev–Trinajstić information content (AvgIpc) is 2.83. The second-order valence-electron chi connectivity index (χ2n) is 8.21. The number of rotatable bonds is 3. The van der Waals surface area contributed by atoms with Crippen molar-refractivity contribution in [2.24, 2.45) is 17.8 Å². The molecule has 1 heterocycles. The molecular weight excluding hydrogens is 278 g/mol. The maximum Gasteiger partial charge on any atom is 0.237 e. The summed E-state index contributed by atoms with van der Waals surface area (Å²) in [6.45, 7) is 2.55. The second kappa shape index (κ2) is 4.94. The Morgan fingerprint density at radius 2 is 1.95 bits per heavy atom. The minimum Gasteiger partial charge on any atom is -0.393 e. The zero-order valence-electron chi connectivity index (χ0n) is 13.2. The molecule has 4 aliphatic rings. The van der Waals surface area contributed by atoms with Gasteiger partial charge in [-0.15, -0.1) is 0 Å². The number of aliphatic hydroxyl groups is 1. The number of carbonyl (C=O) groups is 1. The van der Waals surface area contributed by atoms with Crippen molar-refractivity contribution in [3.8, 4) is 6.07 Å². The average molecular weight is 303 g/mol. The molecule has 0 radical (unpaired) electrons. The highest BCUT2D eigenvalue weighted by molar-refractivity contribution is 5.80. The van der Waals surface area contributed by atoms with Crippen LogP contribution in [0, 0.1) is 29.1 Å². The Hall–Kier alpha value is -1.12. The SMILES string of the molecule is CC1(NCC(=O)N2[C@H](C#N)C[C@@H]3C[C@@H]32)C[C@H]2CC(O)C[C@H]2C1. The smallest absolute Gasteiger partial charge is 0.237 e. The molecule has 1 amide bonds. The number of likely N-dealkylation sites (tertiary alicyclic amines) is 1. The van der Waals surface area contributed by atoms with Gasteiger partial charge in [0.2, 0.25) is 5.91 Å². The van der Waals surface area contributed by atoms with E-state index in [0.29, 0.717) is 30.3 Å². The molecule has 0 bridgehead atoms.